The van der Waals surface area contributed by atoms with Gasteiger partial charge in [-0.1, -0.05) is 13.8 Å². The summed E-state index contributed by atoms with van der Waals surface area (Å²) >= 11 is 0. The van der Waals surface area contributed by atoms with Crippen LogP contribution in [0.4, 0.5) is 0 Å². The molecule has 0 atom stereocenters. The molecule has 2 aliphatic heterocycles. The van der Waals surface area contributed by atoms with Gasteiger partial charge in [-0.2, -0.15) is 0 Å². The molecule has 2 heteroatoms. The Hall–Kier alpha value is -0.0800. The SMILES string of the molecule is CC(C)C1CN(CC2CN(C(C)C)C2)C1. The van der Waals surface area contributed by atoms with E-state index in [1.54, 1.807) is 0 Å². The van der Waals surface area contributed by atoms with Gasteiger partial charge >= 0.3 is 0 Å². The molecule has 88 valence electrons. The Balaban J connectivity index is 1.58. The third-order valence-electron chi connectivity index (χ3n) is 4.16. The summed E-state index contributed by atoms with van der Waals surface area (Å²) in [6, 6.07) is 0.751. The summed E-state index contributed by atoms with van der Waals surface area (Å²) in [5.41, 5.74) is 0. The van der Waals surface area contributed by atoms with Gasteiger partial charge in [-0.15, -0.1) is 0 Å². The summed E-state index contributed by atoms with van der Waals surface area (Å²) < 4.78 is 0. The average Bonchev–Trinajstić information content (AvgIpc) is 1.95. The maximum Gasteiger partial charge on any atom is 0.00388 e. The van der Waals surface area contributed by atoms with E-state index in [2.05, 4.69) is 37.5 Å². The summed E-state index contributed by atoms with van der Waals surface area (Å²) in [5.74, 6) is 2.82. The van der Waals surface area contributed by atoms with E-state index in [4.69, 9.17) is 0 Å². The highest BCUT2D eigenvalue weighted by Gasteiger charge is 2.34. The fourth-order valence-corrected chi connectivity index (χ4v) is 2.69. The van der Waals surface area contributed by atoms with Crippen molar-refractivity contribution >= 4 is 0 Å². The van der Waals surface area contributed by atoms with Crippen molar-refractivity contribution in [2.45, 2.75) is 33.7 Å². The predicted molar refractivity (Wildman–Crippen MR) is 65.0 cm³/mol. The smallest absolute Gasteiger partial charge is 0.00388 e. The number of likely N-dealkylation sites (tertiary alicyclic amines) is 2. The molecule has 0 N–H and O–H groups in total. The summed E-state index contributed by atoms with van der Waals surface area (Å²) in [5, 5.41) is 0. The number of nitrogens with zero attached hydrogens (tertiary/aromatic N) is 2. The van der Waals surface area contributed by atoms with E-state index < -0.39 is 0 Å². The van der Waals surface area contributed by atoms with Gasteiger partial charge in [0.2, 0.25) is 0 Å². The molecular weight excluding hydrogens is 184 g/mol. The molecule has 0 amide bonds. The lowest BCUT2D eigenvalue weighted by molar-refractivity contribution is -0.00275. The van der Waals surface area contributed by atoms with E-state index in [9.17, 15) is 0 Å². The molecule has 2 rings (SSSR count). The highest BCUT2D eigenvalue weighted by molar-refractivity contribution is 4.89. The van der Waals surface area contributed by atoms with Crippen molar-refractivity contribution in [3.63, 3.8) is 0 Å². The molecule has 2 nitrogen and oxygen atoms in total. The van der Waals surface area contributed by atoms with Gasteiger partial charge in [0.05, 0.1) is 0 Å². The van der Waals surface area contributed by atoms with Crippen LogP contribution in [0.2, 0.25) is 0 Å². The normalized spacial score (nSPS) is 26.0. The van der Waals surface area contributed by atoms with Gasteiger partial charge < -0.3 is 9.80 Å². The molecule has 2 saturated heterocycles. The van der Waals surface area contributed by atoms with Gasteiger partial charge in [0, 0.05) is 38.8 Å². The van der Waals surface area contributed by atoms with Crippen molar-refractivity contribution in [2.24, 2.45) is 17.8 Å². The highest BCUT2D eigenvalue weighted by Crippen LogP contribution is 2.27. The lowest BCUT2D eigenvalue weighted by Crippen LogP contribution is -2.58. The molecule has 0 aliphatic carbocycles. The van der Waals surface area contributed by atoms with Gasteiger partial charge in [-0.05, 0) is 31.6 Å². The Labute approximate surface area is 94.6 Å². The zero-order chi connectivity index (χ0) is 11.0. The Bertz CT molecular complexity index is 179. The lowest BCUT2D eigenvalue weighted by Gasteiger charge is -2.48. The summed E-state index contributed by atoms with van der Waals surface area (Å²) in [6.45, 7) is 16.0. The fraction of sp³-hybridized carbons (Fsp3) is 1.00. The van der Waals surface area contributed by atoms with E-state index in [0.29, 0.717) is 0 Å². The van der Waals surface area contributed by atoms with Crippen LogP contribution in [0.25, 0.3) is 0 Å². The zero-order valence-electron chi connectivity index (χ0n) is 10.7. The molecule has 2 aliphatic rings. The van der Waals surface area contributed by atoms with Crippen LogP contribution in [0.15, 0.2) is 0 Å². The van der Waals surface area contributed by atoms with Gasteiger partial charge in [0.25, 0.3) is 0 Å². The molecule has 0 unspecified atom stereocenters. The van der Waals surface area contributed by atoms with Crippen LogP contribution in [0, 0.1) is 17.8 Å². The molecular formula is C13H26N2. The van der Waals surface area contributed by atoms with Gasteiger partial charge in [-0.3, -0.25) is 0 Å². The molecule has 0 radical (unpaired) electrons. The minimum absolute atomic E-state index is 0.751. The van der Waals surface area contributed by atoms with Crippen LogP contribution in [-0.2, 0) is 0 Å². The monoisotopic (exact) mass is 210 g/mol. The van der Waals surface area contributed by atoms with Gasteiger partial charge in [-0.25, -0.2) is 0 Å². The van der Waals surface area contributed by atoms with Crippen molar-refractivity contribution in [2.75, 3.05) is 32.7 Å². The quantitative estimate of drug-likeness (QED) is 0.699. The molecule has 0 aromatic carbocycles. The minimum Gasteiger partial charge on any atom is -0.302 e. The number of hydrogen-bond donors (Lipinski definition) is 0. The van der Waals surface area contributed by atoms with Crippen LogP contribution in [0.3, 0.4) is 0 Å². The molecule has 0 aromatic rings. The largest absolute Gasteiger partial charge is 0.302 e. The predicted octanol–water partition coefficient (Wildman–Crippen LogP) is 1.91. The second-order valence-electron chi connectivity index (χ2n) is 6.14. The maximum atomic E-state index is 2.65. The van der Waals surface area contributed by atoms with E-state index in [0.717, 1.165) is 23.8 Å². The van der Waals surface area contributed by atoms with Crippen LogP contribution < -0.4 is 0 Å². The fourth-order valence-electron chi connectivity index (χ4n) is 2.69. The Morgan fingerprint density at radius 3 is 2.07 bits per heavy atom. The van der Waals surface area contributed by atoms with E-state index in [1.165, 1.54) is 32.7 Å². The first-order valence-corrected chi connectivity index (χ1v) is 6.52. The number of hydrogen-bond acceptors (Lipinski definition) is 2. The average molecular weight is 210 g/mol. The second kappa shape index (κ2) is 4.42. The minimum atomic E-state index is 0.751. The Morgan fingerprint density at radius 2 is 1.60 bits per heavy atom. The van der Waals surface area contributed by atoms with Crippen molar-refractivity contribution in [1.82, 2.24) is 9.80 Å². The van der Waals surface area contributed by atoms with E-state index in [1.807, 2.05) is 0 Å². The van der Waals surface area contributed by atoms with E-state index in [-0.39, 0.29) is 0 Å². The Kier molecular flexibility index (Phi) is 3.36. The first kappa shape index (κ1) is 11.4. The van der Waals surface area contributed by atoms with Crippen LogP contribution in [0.1, 0.15) is 27.7 Å². The van der Waals surface area contributed by atoms with Gasteiger partial charge in [0.1, 0.15) is 0 Å². The van der Waals surface area contributed by atoms with Crippen molar-refractivity contribution in [3.05, 3.63) is 0 Å². The first-order valence-electron chi connectivity index (χ1n) is 6.52. The first-order chi connectivity index (χ1) is 7.06. The molecule has 0 bridgehead atoms. The zero-order valence-corrected chi connectivity index (χ0v) is 10.7. The molecule has 0 aromatic heterocycles. The van der Waals surface area contributed by atoms with Crippen LogP contribution >= 0.6 is 0 Å². The topological polar surface area (TPSA) is 6.48 Å². The summed E-state index contributed by atoms with van der Waals surface area (Å²) in [7, 11) is 0. The number of rotatable bonds is 4. The molecule has 0 spiro atoms. The van der Waals surface area contributed by atoms with Crippen molar-refractivity contribution in [3.8, 4) is 0 Å². The maximum absolute atomic E-state index is 2.65. The van der Waals surface area contributed by atoms with Crippen molar-refractivity contribution in [1.29, 1.82) is 0 Å². The lowest BCUT2D eigenvalue weighted by atomic mass is 9.86. The molecule has 15 heavy (non-hydrogen) atoms. The summed E-state index contributed by atoms with van der Waals surface area (Å²) in [4.78, 5) is 5.22. The van der Waals surface area contributed by atoms with E-state index >= 15 is 0 Å². The molecule has 0 saturated carbocycles. The van der Waals surface area contributed by atoms with Gasteiger partial charge in [0.15, 0.2) is 0 Å². The summed E-state index contributed by atoms with van der Waals surface area (Å²) in [6.07, 6.45) is 0. The van der Waals surface area contributed by atoms with Crippen LogP contribution in [0.5, 0.6) is 0 Å². The van der Waals surface area contributed by atoms with Crippen molar-refractivity contribution < 1.29 is 0 Å². The molecule has 2 heterocycles. The third-order valence-corrected chi connectivity index (χ3v) is 4.16. The van der Waals surface area contributed by atoms with Crippen LogP contribution in [-0.4, -0.2) is 48.6 Å². The Morgan fingerprint density at radius 1 is 1.00 bits per heavy atom. The standard InChI is InChI=1S/C13H26N2/c1-10(2)13-8-14(9-13)5-12-6-15(7-12)11(3)4/h10-13H,5-9H2,1-4H3. The molecule has 2 fully saturated rings. The second-order valence-corrected chi connectivity index (χ2v) is 6.14. The highest BCUT2D eigenvalue weighted by atomic mass is 15.3. The third kappa shape index (κ3) is 2.54.